The highest BCUT2D eigenvalue weighted by Crippen LogP contribution is 2.21. The maximum Gasteiger partial charge on any atom is -0.0319 e. The van der Waals surface area contributed by atoms with E-state index in [1.807, 2.05) is 0 Å². The van der Waals surface area contributed by atoms with Crippen LogP contribution in [0.15, 0.2) is 11.4 Å². The normalized spacial score (nSPS) is 11.3. The van der Waals surface area contributed by atoms with E-state index < -0.39 is 0 Å². The van der Waals surface area contributed by atoms with Crippen LogP contribution in [0.3, 0.4) is 0 Å². The van der Waals surface area contributed by atoms with Crippen LogP contribution in [0.1, 0.15) is 97.8 Å². The number of hydrogen-bond donors (Lipinski definition) is 0. The Balaban J connectivity index is 3.12. The lowest BCUT2D eigenvalue weighted by atomic mass is 10.1. The molecule has 0 amide bonds. The molecule has 0 aliphatic carbocycles. The van der Waals surface area contributed by atoms with Gasteiger partial charge in [0.15, 0.2) is 0 Å². The van der Waals surface area contributed by atoms with Crippen molar-refractivity contribution in [1.29, 1.82) is 0 Å². The molecule has 0 fully saturated rings. The highest BCUT2D eigenvalue weighted by molar-refractivity contribution is 7.41. The SMILES string of the molecule is CCCCCCCCCCCCPC=C(CC)CC. The summed E-state index contributed by atoms with van der Waals surface area (Å²) in [4.78, 5) is 0. The van der Waals surface area contributed by atoms with Crippen molar-refractivity contribution in [3.05, 3.63) is 11.4 Å². The van der Waals surface area contributed by atoms with E-state index in [0.29, 0.717) is 0 Å². The monoisotopic (exact) mass is 284 g/mol. The third-order valence-corrected chi connectivity index (χ3v) is 5.14. The van der Waals surface area contributed by atoms with Crippen molar-refractivity contribution in [3.8, 4) is 0 Å². The van der Waals surface area contributed by atoms with E-state index in [1.165, 1.54) is 83.2 Å². The first-order valence-electron chi connectivity index (χ1n) is 8.76. The van der Waals surface area contributed by atoms with Gasteiger partial charge in [0.05, 0.1) is 0 Å². The molecule has 19 heavy (non-hydrogen) atoms. The third-order valence-electron chi connectivity index (χ3n) is 3.89. The Bertz CT molecular complexity index is 190. The molecular formula is C18H37P. The maximum absolute atomic E-state index is 2.51. The van der Waals surface area contributed by atoms with Gasteiger partial charge in [0.2, 0.25) is 0 Å². The zero-order chi connectivity index (χ0) is 14.2. The number of hydrogen-bond acceptors (Lipinski definition) is 0. The second kappa shape index (κ2) is 16.2. The minimum Gasteiger partial charge on any atom is -0.0985 e. The fraction of sp³-hybridized carbons (Fsp3) is 0.889. The quantitative estimate of drug-likeness (QED) is 0.232. The molecule has 114 valence electrons. The number of unbranched alkanes of at least 4 members (excludes halogenated alkanes) is 9. The summed E-state index contributed by atoms with van der Waals surface area (Å²) in [6.45, 7) is 6.85. The molecule has 0 saturated carbocycles. The molecule has 0 rings (SSSR count). The fourth-order valence-corrected chi connectivity index (χ4v) is 3.68. The van der Waals surface area contributed by atoms with Crippen molar-refractivity contribution in [2.75, 3.05) is 6.16 Å². The van der Waals surface area contributed by atoms with Crippen LogP contribution in [0, 0.1) is 0 Å². The predicted octanol–water partition coefficient (Wildman–Crippen LogP) is 7.29. The van der Waals surface area contributed by atoms with E-state index in [2.05, 4.69) is 26.6 Å². The molecule has 0 aliphatic rings. The van der Waals surface area contributed by atoms with Gasteiger partial charge in [-0.1, -0.05) is 98.5 Å². The summed E-state index contributed by atoms with van der Waals surface area (Å²) in [6.07, 6.45) is 18.5. The average Bonchev–Trinajstić information content (AvgIpc) is 2.44. The average molecular weight is 284 g/mol. The second-order valence-electron chi connectivity index (χ2n) is 5.65. The molecule has 1 unspecified atom stereocenters. The van der Waals surface area contributed by atoms with Gasteiger partial charge in [-0.15, -0.1) is 0 Å². The Morgan fingerprint density at radius 1 is 0.684 bits per heavy atom. The van der Waals surface area contributed by atoms with Crippen LogP contribution in [-0.4, -0.2) is 6.16 Å². The highest BCUT2D eigenvalue weighted by atomic mass is 31.1. The minimum absolute atomic E-state index is 1.08. The lowest BCUT2D eigenvalue weighted by molar-refractivity contribution is 0.563. The third kappa shape index (κ3) is 14.4. The van der Waals surface area contributed by atoms with Gasteiger partial charge < -0.3 is 0 Å². The van der Waals surface area contributed by atoms with Gasteiger partial charge >= 0.3 is 0 Å². The molecule has 0 aromatic carbocycles. The van der Waals surface area contributed by atoms with Gasteiger partial charge in [-0.3, -0.25) is 0 Å². The Morgan fingerprint density at radius 3 is 1.63 bits per heavy atom. The summed E-state index contributed by atoms with van der Waals surface area (Å²) < 4.78 is 0. The van der Waals surface area contributed by atoms with Crippen molar-refractivity contribution in [2.24, 2.45) is 0 Å². The first-order valence-corrected chi connectivity index (χ1v) is 10.0. The second-order valence-corrected chi connectivity index (χ2v) is 6.84. The van der Waals surface area contributed by atoms with Crippen molar-refractivity contribution in [1.82, 2.24) is 0 Å². The van der Waals surface area contributed by atoms with Crippen LogP contribution >= 0.6 is 8.58 Å². The molecule has 1 atom stereocenters. The van der Waals surface area contributed by atoms with Crippen LogP contribution in [0.25, 0.3) is 0 Å². The van der Waals surface area contributed by atoms with Gasteiger partial charge in [-0.25, -0.2) is 0 Å². The van der Waals surface area contributed by atoms with Crippen LogP contribution in [-0.2, 0) is 0 Å². The van der Waals surface area contributed by atoms with Crippen molar-refractivity contribution in [3.63, 3.8) is 0 Å². The molecule has 0 saturated heterocycles. The Morgan fingerprint density at radius 2 is 1.16 bits per heavy atom. The van der Waals surface area contributed by atoms with Crippen molar-refractivity contribution in [2.45, 2.75) is 97.8 Å². The van der Waals surface area contributed by atoms with Gasteiger partial charge in [0.1, 0.15) is 0 Å². The summed E-state index contributed by atoms with van der Waals surface area (Å²) in [5.74, 6) is 2.51. The highest BCUT2D eigenvalue weighted by Gasteiger charge is 1.93. The summed E-state index contributed by atoms with van der Waals surface area (Å²) in [5.41, 5.74) is 1.66. The van der Waals surface area contributed by atoms with Crippen LogP contribution in [0.5, 0.6) is 0 Å². The lowest BCUT2D eigenvalue weighted by Crippen LogP contribution is -1.83. The van der Waals surface area contributed by atoms with Crippen LogP contribution < -0.4 is 0 Å². The Kier molecular flexibility index (Phi) is 16.4. The van der Waals surface area contributed by atoms with Crippen molar-refractivity contribution >= 4 is 8.58 Å². The molecule has 0 heterocycles. The largest absolute Gasteiger partial charge is 0.0985 e. The first-order chi connectivity index (χ1) is 9.35. The maximum atomic E-state index is 2.51. The molecule has 0 radical (unpaired) electrons. The topological polar surface area (TPSA) is 0 Å². The van der Waals surface area contributed by atoms with Gasteiger partial charge in [0, 0.05) is 0 Å². The molecule has 0 nitrogen and oxygen atoms in total. The fourth-order valence-electron chi connectivity index (χ4n) is 2.39. The number of allylic oxidation sites excluding steroid dienone is 1. The van der Waals surface area contributed by atoms with E-state index in [4.69, 9.17) is 0 Å². The summed E-state index contributed by atoms with van der Waals surface area (Å²) in [6, 6.07) is 0. The smallest absolute Gasteiger partial charge is 0.0319 e. The Hall–Kier alpha value is 0.170. The van der Waals surface area contributed by atoms with E-state index in [9.17, 15) is 0 Å². The number of rotatable bonds is 14. The van der Waals surface area contributed by atoms with E-state index in [-0.39, 0.29) is 0 Å². The van der Waals surface area contributed by atoms with Gasteiger partial charge in [0.25, 0.3) is 0 Å². The molecule has 0 N–H and O–H groups in total. The molecular weight excluding hydrogens is 247 g/mol. The van der Waals surface area contributed by atoms with Gasteiger partial charge in [-0.2, -0.15) is 0 Å². The van der Waals surface area contributed by atoms with Gasteiger partial charge in [-0.05, 0) is 25.4 Å². The molecule has 0 aliphatic heterocycles. The summed E-state index contributed by atoms with van der Waals surface area (Å²) in [7, 11) is 1.08. The first kappa shape index (κ1) is 19.2. The molecule has 0 spiro atoms. The van der Waals surface area contributed by atoms with Crippen LogP contribution in [0.2, 0.25) is 0 Å². The molecule has 0 aromatic rings. The summed E-state index contributed by atoms with van der Waals surface area (Å²) >= 11 is 0. The van der Waals surface area contributed by atoms with Crippen molar-refractivity contribution < 1.29 is 0 Å². The van der Waals surface area contributed by atoms with E-state index in [1.54, 1.807) is 5.57 Å². The molecule has 0 aromatic heterocycles. The van der Waals surface area contributed by atoms with E-state index >= 15 is 0 Å². The molecule has 1 heteroatoms. The van der Waals surface area contributed by atoms with Crippen LogP contribution in [0.4, 0.5) is 0 Å². The minimum atomic E-state index is 1.08. The zero-order valence-electron chi connectivity index (χ0n) is 13.8. The predicted molar refractivity (Wildman–Crippen MR) is 93.7 cm³/mol. The lowest BCUT2D eigenvalue weighted by Gasteiger charge is -2.03. The zero-order valence-corrected chi connectivity index (χ0v) is 14.8. The summed E-state index contributed by atoms with van der Waals surface area (Å²) in [5, 5.41) is 0. The molecule has 0 bridgehead atoms. The Labute approximate surface area is 124 Å². The standard InChI is InChI=1S/C18H37P/c1-4-7-8-9-10-11-12-13-14-15-16-19-17-18(5-2)6-3/h17,19H,4-16H2,1-3H3. The van der Waals surface area contributed by atoms with E-state index in [0.717, 1.165) is 8.58 Å².